The van der Waals surface area contributed by atoms with Crippen molar-refractivity contribution in [2.75, 3.05) is 6.61 Å². The lowest BCUT2D eigenvalue weighted by atomic mass is 9.33. The predicted molar refractivity (Wildman–Crippen MR) is 205 cm³/mol. The van der Waals surface area contributed by atoms with Crippen LogP contribution in [0.25, 0.3) is 0 Å². The molecule has 12 nitrogen and oxygen atoms in total. The Hall–Kier alpha value is -2.99. The summed E-state index contributed by atoms with van der Waals surface area (Å²) in [5, 5.41) is 14.3. The van der Waals surface area contributed by atoms with Crippen LogP contribution >= 0.6 is 0 Å². The third-order valence-corrected chi connectivity index (χ3v) is 16.3. The molecule has 2 N–H and O–H groups in total. The van der Waals surface area contributed by atoms with E-state index < -0.39 is 59.9 Å². The second-order valence-corrected chi connectivity index (χ2v) is 20.3. The zero-order valence-electron chi connectivity index (χ0n) is 35.6. The van der Waals surface area contributed by atoms with E-state index >= 15 is 4.79 Å². The van der Waals surface area contributed by atoms with Crippen LogP contribution in [0.2, 0.25) is 0 Å². The maximum Gasteiger partial charge on any atom is 0.303 e. The first-order chi connectivity index (χ1) is 25.9. The molecule has 0 bridgehead atoms. The Morgan fingerprint density at radius 1 is 0.750 bits per heavy atom. The molecule has 6 rings (SSSR count). The molecule has 12 heteroatoms. The van der Waals surface area contributed by atoms with Gasteiger partial charge in [0.05, 0.1) is 11.5 Å². The normalized spacial score (nSPS) is 43.5. The molecule has 1 saturated heterocycles. The maximum atomic E-state index is 15.2. The molecule has 0 aromatic carbocycles. The number of allylic oxidation sites excluding steroid dienone is 2. The van der Waals surface area contributed by atoms with Crippen LogP contribution in [0, 0.1) is 50.2 Å². The van der Waals surface area contributed by atoms with Crippen LogP contribution in [0.1, 0.15) is 140 Å². The summed E-state index contributed by atoms with van der Waals surface area (Å²) < 4.78 is 28.6. The van der Waals surface area contributed by atoms with E-state index in [2.05, 4.69) is 59.9 Å². The average molecular weight is 786 g/mol. The van der Waals surface area contributed by atoms with Gasteiger partial charge in [0, 0.05) is 27.7 Å². The largest absolute Gasteiger partial charge is 0.463 e. The third kappa shape index (κ3) is 7.00. The molecule has 5 fully saturated rings. The number of carbonyl (C=O) groups excluding carboxylic acids is 5. The van der Waals surface area contributed by atoms with Crippen molar-refractivity contribution >= 4 is 29.8 Å². The lowest BCUT2D eigenvalue weighted by Gasteiger charge is -2.71. The average Bonchev–Trinajstić information content (AvgIpc) is 3.07. The predicted octanol–water partition coefficient (Wildman–Crippen LogP) is 6.35. The highest BCUT2D eigenvalue weighted by Crippen LogP contribution is 2.75. The summed E-state index contributed by atoms with van der Waals surface area (Å²) in [5.41, 5.74) is 0.387. The summed E-state index contributed by atoms with van der Waals surface area (Å²) in [4.78, 5) is 64.5. The number of hydrogen-bond acceptors (Lipinski definition) is 11. The van der Waals surface area contributed by atoms with Crippen molar-refractivity contribution in [1.82, 2.24) is 5.32 Å². The van der Waals surface area contributed by atoms with Gasteiger partial charge in [-0.25, -0.2) is 0 Å². The summed E-state index contributed by atoms with van der Waals surface area (Å²) in [5.74, 6) is -2.17. The van der Waals surface area contributed by atoms with Crippen LogP contribution in [-0.4, -0.2) is 78.2 Å². The van der Waals surface area contributed by atoms with Crippen molar-refractivity contribution in [2.24, 2.45) is 50.2 Å². The first-order valence-electron chi connectivity index (χ1n) is 20.9. The molecule has 0 radical (unpaired) electrons. The Bertz CT molecular complexity index is 1640. The molecule has 1 aliphatic heterocycles. The zero-order valence-corrected chi connectivity index (χ0v) is 35.6. The van der Waals surface area contributed by atoms with Gasteiger partial charge >= 0.3 is 23.9 Å². The highest BCUT2D eigenvalue weighted by atomic mass is 16.7. The van der Waals surface area contributed by atoms with Crippen LogP contribution in [0.15, 0.2) is 11.6 Å². The summed E-state index contributed by atoms with van der Waals surface area (Å²) >= 11 is 0. The molecular weight excluding hydrogens is 718 g/mol. The second-order valence-electron chi connectivity index (χ2n) is 20.3. The lowest BCUT2D eigenvalue weighted by Crippen LogP contribution is -2.68. The lowest BCUT2D eigenvalue weighted by molar-refractivity contribution is -0.258. The Morgan fingerprint density at radius 3 is 1.98 bits per heavy atom. The van der Waals surface area contributed by atoms with E-state index in [4.69, 9.17) is 23.7 Å². The van der Waals surface area contributed by atoms with E-state index in [0.717, 1.165) is 51.4 Å². The minimum Gasteiger partial charge on any atom is -0.463 e. The molecule has 4 saturated carbocycles. The molecule has 6 aliphatic rings. The summed E-state index contributed by atoms with van der Waals surface area (Å²) in [6.07, 6.45) is 4.43. The van der Waals surface area contributed by atoms with E-state index in [9.17, 15) is 24.3 Å². The third-order valence-electron chi connectivity index (χ3n) is 16.3. The van der Waals surface area contributed by atoms with Crippen molar-refractivity contribution in [3.05, 3.63) is 11.6 Å². The molecule has 0 spiro atoms. The molecule has 56 heavy (non-hydrogen) atoms. The number of nitrogens with one attached hydrogen (secondary N) is 1. The van der Waals surface area contributed by atoms with Crippen molar-refractivity contribution < 1.29 is 52.8 Å². The molecular formula is C44H67NO11. The SMILES string of the molecule is CC(=O)OC[C@@H]1O[C@H](NC(=O)[C@]23CCC(C)(C)C[C@H]2C2=CC[C@@H]4[C@@]5(C)CC[C@H](O)C(C)(C)C5CC[C@@]4(C)[C@]2(C)CC3)[C@H](OC(C)=O)[C@H](OC(C)=O)[C@H]1OC(C)=O. The van der Waals surface area contributed by atoms with E-state index in [0.29, 0.717) is 24.7 Å². The van der Waals surface area contributed by atoms with Gasteiger partial charge in [-0.15, -0.1) is 0 Å². The number of carbonyl (C=O) groups is 5. The molecule has 0 aromatic rings. The highest BCUT2D eigenvalue weighted by molar-refractivity contribution is 5.84. The highest BCUT2D eigenvalue weighted by Gasteiger charge is 2.69. The van der Waals surface area contributed by atoms with Gasteiger partial charge in [0.25, 0.3) is 0 Å². The van der Waals surface area contributed by atoms with E-state index in [1.165, 1.54) is 33.3 Å². The smallest absolute Gasteiger partial charge is 0.303 e. The molecule has 1 amide bonds. The Labute approximate surface area is 332 Å². The quantitative estimate of drug-likeness (QED) is 0.168. The number of esters is 4. The Morgan fingerprint density at radius 2 is 1.36 bits per heavy atom. The Kier molecular flexibility index (Phi) is 11.2. The monoisotopic (exact) mass is 785 g/mol. The number of ether oxygens (including phenoxy) is 5. The maximum absolute atomic E-state index is 15.2. The van der Waals surface area contributed by atoms with Crippen LogP contribution in [0.3, 0.4) is 0 Å². The van der Waals surface area contributed by atoms with Crippen LogP contribution in [0.4, 0.5) is 0 Å². The fraction of sp³-hybridized carbons (Fsp3) is 0.841. The molecule has 0 aromatic heterocycles. The molecule has 1 unspecified atom stereocenters. The van der Waals surface area contributed by atoms with Gasteiger partial charge in [0.2, 0.25) is 5.91 Å². The van der Waals surface area contributed by atoms with Crippen molar-refractivity contribution in [3.8, 4) is 0 Å². The standard InChI is InChI=1S/C44H67NO11/c1-24(46)52-23-30-34(53-25(2)47)35(54-26(3)48)36(55-27(4)49)37(56-30)45-38(51)44-20-18-39(5,6)22-29(44)28-12-13-32-41(9)16-15-33(50)40(7,8)31(41)14-17-43(32,11)42(28,10)19-21-44/h12,29-37,50H,13-23H2,1-11H3,(H,45,51)/t29-,30-,31?,32+,33-,34-,35+,36+,37-,41-,42+,43+,44-/m0/s1. The van der Waals surface area contributed by atoms with Gasteiger partial charge in [0.1, 0.15) is 12.7 Å². The number of amides is 1. The van der Waals surface area contributed by atoms with Gasteiger partial charge in [-0.05, 0) is 109 Å². The fourth-order valence-corrected chi connectivity index (χ4v) is 13.3. The number of hydrogen-bond donors (Lipinski definition) is 2. The molecule has 13 atom stereocenters. The van der Waals surface area contributed by atoms with Gasteiger partial charge in [0.15, 0.2) is 24.5 Å². The fourth-order valence-electron chi connectivity index (χ4n) is 13.3. The van der Waals surface area contributed by atoms with Gasteiger partial charge in [-0.2, -0.15) is 0 Å². The second kappa shape index (κ2) is 14.7. The minimum absolute atomic E-state index is 0.00471. The minimum atomic E-state index is -1.37. The molecule has 1 heterocycles. The summed E-state index contributed by atoms with van der Waals surface area (Å²) in [7, 11) is 0. The summed E-state index contributed by atoms with van der Waals surface area (Å²) in [6, 6.07) is 0. The van der Waals surface area contributed by atoms with E-state index in [1.807, 2.05) is 0 Å². The van der Waals surface area contributed by atoms with Crippen molar-refractivity contribution in [3.63, 3.8) is 0 Å². The van der Waals surface area contributed by atoms with Gasteiger partial charge in [-0.3, -0.25) is 24.0 Å². The van der Waals surface area contributed by atoms with Crippen LogP contribution in [-0.2, 0) is 47.7 Å². The van der Waals surface area contributed by atoms with Gasteiger partial charge < -0.3 is 34.1 Å². The molecule has 314 valence electrons. The van der Waals surface area contributed by atoms with Gasteiger partial charge in [-0.1, -0.05) is 60.1 Å². The van der Waals surface area contributed by atoms with E-state index in [1.54, 1.807) is 0 Å². The van der Waals surface area contributed by atoms with Crippen LogP contribution < -0.4 is 5.32 Å². The van der Waals surface area contributed by atoms with Crippen molar-refractivity contribution in [1.29, 1.82) is 0 Å². The number of aliphatic hydroxyl groups is 1. The number of fused-ring (bicyclic) bond motifs is 7. The first-order valence-corrected chi connectivity index (χ1v) is 20.9. The topological polar surface area (TPSA) is 164 Å². The number of aliphatic hydroxyl groups excluding tert-OH is 1. The van der Waals surface area contributed by atoms with Crippen molar-refractivity contribution in [2.45, 2.75) is 177 Å². The zero-order chi connectivity index (χ0) is 41.4. The number of rotatable bonds is 7. The van der Waals surface area contributed by atoms with Crippen LogP contribution in [0.5, 0.6) is 0 Å². The molecule has 5 aliphatic carbocycles. The Balaban J connectivity index is 1.37. The van der Waals surface area contributed by atoms with E-state index in [-0.39, 0.29) is 51.6 Å². The first kappa shape index (κ1) is 42.6. The summed E-state index contributed by atoms with van der Waals surface area (Å²) in [6.45, 7) is 21.0.